The molecule has 0 heteroatoms. The molecule has 2 rings (SSSR count). The van der Waals surface area contributed by atoms with Crippen LogP contribution in [0.3, 0.4) is 0 Å². The van der Waals surface area contributed by atoms with E-state index >= 15 is 0 Å². The van der Waals surface area contributed by atoms with E-state index in [1.807, 2.05) is 0 Å². The first-order valence-electron chi connectivity index (χ1n) is 7.51. The Labute approximate surface area is 117 Å². The molecule has 100 valence electrons. The summed E-state index contributed by atoms with van der Waals surface area (Å²) in [5.74, 6) is 0.555. The molecule has 0 fully saturated rings. The Balaban J connectivity index is 2.10. The molecule has 0 aliphatic heterocycles. The zero-order chi connectivity index (χ0) is 13.3. The highest BCUT2D eigenvalue weighted by atomic mass is 14.2. The van der Waals surface area contributed by atoms with E-state index in [2.05, 4.69) is 67.6 Å². The largest absolute Gasteiger partial charge is 0.0654 e. The van der Waals surface area contributed by atoms with Gasteiger partial charge in [-0.25, -0.2) is 0 Å². The molecular weight excluding hydrogens is 228 g/mol. The first-order valence-corrected chi connectivity index (χ1v) is 7.51. The SMILES string of the molecule is CCCCCCC(c1ccccc1)c1ccccc1. The minimum atomic E-state index is 0.555. The molecule has 0 bridgehead atoms. The quantitative estimate of drug-likeness (QED) is 0.547. The van der Waals surface area contributed by atoms with Gasteiger partial charge in [-0.15, -0.1) is 0 Å². The van der Waals surface area contributed by atoms with Crippen LogP contribution in [0.1, 0.15) is 56.1 Å². The summed E-state index contributed by atoms with van der Waals surface area (Å²) in [5.41, 5.74) is 2.90. The Hall–Kier alpha value is -1.56. The van der Waals surface area contributed by atoms with Crippen molar-refractivity contribution in [3.63, 3.8) is 0 Å². The fourth-order valence-electron chi connectivity index (χ4n) is 2.67. The van der Waals surface area contributed by atoms with Gasteiger partial charge in [0.15, 0.2) is 0 Å². The van der Waals surface area contributed by atoms with Gasteiger partial charge in [0.05, 0.1) is 0 Å². The van der Waals surface area contributed by atoms with E-state index in [1.165, 1.54) is 43.2 Å². The van der Waals surface area contributed by atoms with Crippen molar-refractivity contribution in [2.24, 2.45) is 0 Å². The first-order chi connectivity index (χ1) is 9.42. The van der Waals surface area contributed by atoms with Gasteiger partial charge >= 0.3 is 0 Å². The lowest BCUT2D eigenvalue weighted by molar-refractivity contribution is 0.596. The van der Waals surface area contributed by atoms with Gasteiger partial charge in [-0.1, -0.05) is 93.3 Å². The van der Waals surface area contributed by atoms with Gasteiger partial charge in [0.2, 0.25) is 0 Å². The molecule has 0 atom stereocenters. The smallest absolute Gasteiger partial charge is 0.00893 e. The third kappa shape index (κ3) is 4.24. The van der Waals surface area contributed by atoms with Gasteiger partial charge < -0.3 is 0 Å². The number of rotatable bonds is 7. The summed E-state index contributed by atoms with van der Waals surface area (Å²) in [6.07, 6.45) is 6.60. The maximum absolute atomic E-state index is 2.27. The van der Waals surface area contributed by atoms with Crippen LogP contribution in [0.15, 0.2) is 60.7 Å². The zero-order valence-electron chi connectivity index (χ0n) is 11.9. The maximum Gasteiger partial charge on any atom is 0.00893 e. The molecule has 0 aliphatic carbocycles. The van der Waals surface area contributed by atoms with Crippen molar-refractivity contribution in [2.75, 3.05) is 0 Å². The molecule has 0 aliphatic rings. The van der Waals surface area contributed by atoms with Gasteiger partial charge in [-0.3, -0.25) is 0 Å². The van der Waals surface area contributed by atoms with Gasteiger partial charge in [-0.05, 0) is 17.5 Å². The van der Waals surface area contributed by atoms with E-state index < -0.39 is 0 Å². The Kier molecular flexibility index (Phi) is 5.68. The van der Waals surface area contributed by atoms with Gasteiger partial charge in [0, 0.05) is 5.92 Å². The van der Waals surface area contributed by atoms with E-state index in [-0.39, 0.29) is 0 Å². The minimum Gasteiger partial charge on any atom is -0.0654 e. The lowest BCUT2D eigenvalue weighted by atomic mass is 9.87. The van der Waals surface area contributed by atoms with Crippen molar-refractivity contribution < 1.29 is 0 Å². The second kappa shape index (κ2) is 7.78. The molecule has 0 heterocycles. The molecule has 0 radical (unpaired) electrons. The van der Waals surface area contributed by atoms with E-state index in [9.17, 15) is 0 Å². The van der Waals surface area contributed by atoms with Gasteiger partial charge in [0.25, 0.3) is 0 Å². The summed E-state index contributed by atoms with van der Waals surface area (Å²) in [5, 5.41) is 0. The van der Waals surface area contributed by atoms with Gasteiger partial charge in [-0.2, -0.15) is 0 Å². The maximum atomic E-state index is 2.27. The number of hydrogen-bond acceptors (Lipinski definition) is 0. The Morgan fingerprint density at radius 3 is 1.68 bits per heavy atom. The van der Waals surface area contributed by atoms with Crippen LogP contribution in [0.25, 0.3) is 0 Å². The van der Waals surface area contributed by atoms with Crippen LogP contribution in [0.4, 0.5) is 0 Å². The van der Waals surface area contributed by atoms with Crippen molar-refractivity contribution >= 4 is 0 Å². The summed E-state index contributed by atoms with van der Waals surface area (Å²) in [4.78, 5) is 0. The second-order valence-electron chi connectivity index (χ2n) is 5.22. The molecule has 0 N–H and O–H groups in total. The second-order valence-corrected chi connectivity index (χ2v) is 5.22. The van der Waals surface area contributed by atoms with E-state index in [0.717, 1.165) is 0 Å². The number of benzene rings is 2. The number of unbranched alkanes of at least 4 members (excludes halogenated alkanes) is 3. The molecule has 0 saturated carbocycles. The van der Waals surface area contributed by atoms with E-state index in [1.54, 1.807) is 0 Å². The van der Waals surface area contributed by atoms with Crippen molar-refractivity contribution in [1.29, 1.82) is 0 Å². The van der Waals surface area contributed by atoms with Crippen LogP contribution in [-0.2, 0) is 0 Å². The molecule has 19 heavy (non-hydrogen) atoms. The van der Waals surface area contributed by atoms with Crippen LogP contribution >= 0.6 is 0 Å². The summed E-state index contributed by atoms with van der Waals surface area (Å²) >= 11 is 0. The molecule has 0 nitrogen and oxygen atoms in total. The third-order valence-corrected chi connectivity index (χ3v) is 3.75. The van der Waals surface area contributed by atoms with Crippen LogP contribution in [0.2, 0.25) is 0 Å². The minimum absolute atomic E-state index is 0.555. The standard InChI is InChI=1S/C19H24/c1-2-3-4-11-16-19(17-12-7-5-8-13-17)18-14-9-6-10-15-18/h5-10,12-15,19H,2-4,11,16H2,1H3. The molecule has 0 unspecified atom stereocenters. The summed E-state index contributed by atoms with van der Waals surface area (Å²) in [6.45, 7) is 2.27. The van der Waals surface area contributed by atoms with Crippen LogP contribution in [0.5, 0.6) is 0 Å². The third-order valence-electron chi connectivity index (χ3n) is 3.75. The topological polar surface area (TPSA) is 0 Å². The highest BCUT2D eigenvalue weighted by Gasteiger charge is 2.12. The fourth-order valence-corrected chi connectivity index (χ4v) is 2.67. The molecular formula is C19H24. The predicted octanol–water partition coefficient (Wildman–Crippen LogP) is 5.79. The summed E-state index contributed by atoms with van der Waals surface area (Å²) in [6, 6.07) is 21.8. The molecule has 0 spiro atoms. The van der Waals surface area contributed by atoms with Crippen LogP contribution < -0.4 is 0 Å². The van der Waals surface area contributed by atoms with Crippen molar-refractivity contribution in [3.8, 4) is 0 Å². The predicted molar refractivity (Wildman–Crippen MR) is 83.5 cm³/mol. The monoisotopic (exact) mass is 252 g/mol. The molecule has 2 aromatic rings. The summed E-state index contributed by atoms with van der Waals surface area (Å²) in [7, 11) is 0. The molecule has 2 aromatic carbocycles. The van der Waals surface area contributed by atoms with Crippen molar-refractivity contribution in [1.82, 2.24) is 0 Å². The van der Waals surface area contributed by atoms with Crippen LogP contribution in [-0.4, -0.2) is 0 Å². The highest BCUT2D eigenvalue weighted by molar-refractivity contribution is 5.32. The average Bonchev–Trinajstić information content (AvgIpc) is 2.49. The van der Waals surface area contributed by atoms with Gasteiger partial charge in [0.1, 0.15) is 0 Å². The van der Waals surface area contributed by atoms with Crippen molar-refractivity contribution in [3.05, 3.63) is 71.8 Å². The lowest BCUT2D eigenvalue weighted by Gasteiger charge is -2.18. The highest BCUT2D eigenvalue weighted by Crippen LogP contribution is 2.29. The lowest BCUT2D eigenvalue weighted by Crippen LogP contribution is -2.01. The molecule has 0 amide bonds. The number of hydrogen-bond donors (Lipinski definition) is 0. The zero-order valence-corrected chi connectivity index (χ0v) is 11.9. The van der Waals surface area contributed by atoms with E-state index in [0.29, 0.717) is 5.92 Å². The van der Waals surface area contributed by atoms with Crippen molar-refractivity contribution in [2.45, 2.75) is 44.9 Å². The normalized spacial score (nSPS) is 10.8. The Bertz CT molecular complexity index is 404. The molecule has 0 saturated heterocycles. The Morgan fingerprint density at radius 1 is 0.684 bits per heavy atom. The fraction of sp³-hybridized carbons (Fsp3) is 0.368. The average molecular weight is 252 g/mol. The molecule has 0 aromatic heterocycles. The summed E-state index contributed by atoms with van der Waals surface area (Å²) < 4.78 is 0. The Morgan fingerprint density at radius 2 is 1.21 bits per heavy atom. The first kappa shape index (κ1) is 13.9. The van der Waals surface area contributed by atoms with E-state index in [4.69, 9.17) is 0 Å². The van der Waals surface area contributed by atoms with Crippen LogP contribution in [0, 0.1) is 0 Å².